The number of hydrogen-bond acceptors (Lipinski definition) is 4. The summed E-state index contributed by atoms with van der Waals surface area (Å²) in [5, 5.41) is 11.7. The summed E-state index contributed by atoms with van der Waals surface area (Å²) in [4.78, 5) is 2.72. The van der Waals surface area contributed by atoms with Gasteiger partial charge >= 0.3 is 0 Å². The molecule has 0 fully saturated rings. The molecule has 352 valence electrons. The maximum Gasteiger partial charge on any atom is 0.136 e. The average Bonchev–Trinajstić information content (AvgIpc) is 4.52. The molecular formula is C70H38N2O2S2. The summed E-state index contributed by atoms with van der Waals surface area (Å²) in [6.45, 7) is 0. The molecule has 19 rings (SSSR count). The van der Waals surface area contributed by atoms with Crippen LogP contribution in [0.4, 0.5) is 0 Å². The lowest BCUT2D eigenvalue weighted by molar-refractivity contribution is 0.661. The zero-order chi connectivity index (χ0) is 49.2. The summed E-state index contributed by atoms with van der Waals surface area (Å²) in [6, 6.07) is 86.4. The highest BCUT2D eigenvalue weighted by atomic mass is 32.1. The van der Waals surface area contributed by atoms with Crippen molar-refractivity contribution in [2.75, 3.05) is 0 Å². The van der Waals surface area contributed by atoms with E-state index in [0.717, 1.165) is 43.9 Å². The molecule has 6 heteroatoms. The van der Waals surface area contributed by atoms with Crippen LogP contribution in [0.25, 0.3) is 120 Å². The molecule has 0 saturated carbocycles. The quantitative estimate of drug-likeness (QED) is 0.173. The van der Waals surface area contributed by atoms with Crippen molar-refractivity contribution in [3.05, 3.63) is 274 Å². The number of para-hydroxylation sites is 4. The molecule has 76 heavy (non-hydrogen) atoms. The molecule has 3 aliphatic rings. The van der Waals surface area contributed by atoms with Crippen molar-refractivity contribution in [2.45, 2.75) is 10.8 Å². The summed E-state index contributed by atoms with van der Waals surface area (Å²) in [7, 11) is 0. The third-order valence-corrected chi connectivity index (χ3v) is 20.1. The first-order valence-corrected chi connectivity index (χ1v) is 27.7. The highest BCUT2D eigenvalue weighted by Crippen LogP contribution is 2.71. The minimum atomic E-state index is -0.660. The van der Waals surface area contributed by atoms with Gasteiger partial charge in [-0.3, -0.25) is 0 Å². The Kier molecular flexibility index (Phi) is 7.38. The van der Waals surface area contributed by atoms with Gasteiger partial charge in [0, 0.05) is 52.8 Å². The molecule has 0 radical (unpaired) electrons. The lowest BCUT2D eigenvalue weighted by Crippen LogP contribution is -2.41. The van der Waals surface area contributed by atoms with Crippen molar-refractivity contribution in [1.29, 1.82) is 0 Å². The van der Waals surface area contributed by atoms with Crippen molar-refractivity contribution in [3.63, 3.8) is 0 Å². The van der Waals surface area contributed by atoms with Gasteiger partial charge in [0.1, 0.15) is 32.3 Å². The highest BCUT2D eigenvalue weighted by Gasteiger charge is 2.61. The fourth-order valence-electron chi connectivity index (χ4n) is 14.7. The van der Waals surface area contributed by atoms with E-state index >= 15 is 0 Å². The number of furan rings is 2. The van der Waals surface area contributed by atoms with Gasteiger partial charge in [0.2, 0.25) is 0 Å². The highest BCUT2D eigenvalue weighted by molar-refractivity contribution is 7.16. The molecule has 10 aromatic carbocycles. The van der Waals surface area contributed by atoms with E-state index in [1.54, 1.807) is 0 Å². The number of hydrogen-bond donors (Lipinski definition) is 0. The molecule has 0 unspecified atom stereocenters. The van der Waals surface area contributed by atoms with Crippen LogP contribution >= 0.6 is 22.7 Å². The molecule has 2 spiro atoms. The predicted molar refractivity (Wildman–Crippen MR) is 314 cm³/mol. The third kappa shape index (κ3) is 4.63. The molecule has 0 bridgehead atoms. The first kappa shape index (κ1) is 40.2. The van der Waals surface area contributed by atoms with Gasteiger partial charge in [0.25, 0.3) is 0 Å². The number of nitrogens with zero attached hydrogens (tertiary/aromatic N) is 2. The van der Waals surface area contributed by atoms with E-state index in [-0.39, 0.29) is 0 Å². The van der Waals surface area contributed by atoms with E-state index in [9.17, 15) is 0 Å². The normalized spacial score (nSPS) is 14.5. The molecule has 0 saturated heterocycles. The van der Waals surface area contributed by atoms with E-state index in [1.807, 2.05) is 22.7 Å². The van der Waals surface area contributed by atoms with Crippen molar-refractivity contribution in [1.82, 2.24) is 9.13 Å². The number of benzene rings is 10. The summed E-state index contributed by atoms with van der Waals surface area (Å²) in [5.41, 5.74) is 20.2. The Balaban J connectivity index is 0.992. The molecule has 3 aliphatic carbocycles. The number of thiophene rings is 2. The first-order valence-electron chi connectivity index (χ1n) is 26.1. The molecule has 0 N–H and O–H groups in total. The molecule has 0 atom stereocenters. The average molecular weight is 1000 g/mol. The molecule has 4 nitrogen and oxygen atoms in total. The minimum Gasteiger partial charge on any atom is -0.456 e. The second-order valence-electron chi connectivity index (χ2n) is 21.0. The van der Waals surface area contributed by atoms with Gasteiger partial charge in [-0.1, -0.05) is 170 Å². The van der Waals surface area contributed by atoms with Gasteiger partial charge in [0.05, 0.1) is 32.9 Å². The summed E-state index contributed by atoms with van der Waals surface area (Å²) in [6.07, 6.45) is 0. The van der Waals surface area contributed by atoms with Gasteiger partial charge in [-0.2, -0.15) is 0 Å². The molecule has 0 amide bonds. The van der Waals surface area contributed by atoms with Crippen LogP contribution in [0.15, 0.2) is 239 Å². The van der Waals surface area contributed by atoms with Crippen LogP contribution in [0.2, 0.25) is 0 Å². The summed E-state index contributed by atoms with van der Waals surface area (Å²) >= 11 is 3.95. The van der Waals surface area contributed by atoms with Crippen LogP contribution in [0.3, 0.4) is 0 Å². The maximum atomic E-state index is 6.58. The Bertz CT molecular complexity index is 4810. The van der Waals surface area contributed by atoms with E-state index < -0.39 is 10.8 Å². The van der Waals surface area contributed by atoms with Gasteiger partial charge < -0.3 is 18.0 Å². The monoisotopic (exact) mass is 1000 g/mol. The van der Waals surface area contributed by atoms with E-state index in [4.69, 9.17) is 8.83 Å². The molecule has 0 aliphatic heterocycles. The Labute approximate surface area is 442 Å². The van der Waals surface area contributed by atoms with Crippen LogP contribution in [0.1, 0.15) is 43.1 Å². The molecular weight excluding hydrogens is 965 g/mol. The topological polar surface area (TPSA) is 36.1 Å². The van der Waals surface area contributed by atoms with Crippen molar-refractivity contribution in [2.24, 2.45) is 0 Å². The lowest BCUT2D eigenvalue weighted by Gasteiger charge is -2.45. The third-order valence-electron chi connectivity index (χ3n) is 17.6. The van der Waals surface area contributed by atoms with E-state index in [1.165, 1.54) is 119 Å². The minimum absolute atomic E-state index is 0.660. The van der Waals surface area contributed by atoms with Crippen LogP contribution in [0.5, 0.6) is 0 Å². The number of aromatic nitrogens is 2. The zero-order valence-electron chi connectivity index (χ0n) is 40.5. The van der Waals surface area contributed by atoms with Gasteiger partial charge in [-0.25, -0.2) is 0 Å². The Morgan fingerprint density at radius 3 is 1.01 bits per heavy atom. The Hall–Kier alpha value is -9.20. The van der Waals surface area contributed by atoms with E-state index in [0.29, 0.717) is 0 Å². The standard InChI is InChI=1S/C70H38N2O2S2/c1-9-25-51-39(17-1)40-18-2-10-26-52(40)69(51)55-37-65(71-57-29-13-5-21-43(57)47-35-63-49(33-59(47)71)45-23-7-15-31-61(45)73-63)76-68(55)70(53-27-11-3-19-41(53)42-20-4-12-28-54(42)70)56-38-66(75-67(56)69)72-58-30-14-6-22-44(58)48-36-64-50(34-60(48)72)46-24-8-16-32-62(46)74-64/h1-38H. The zero-order valence-corrected chi connectivity index (χ0v) is 42.1. The van der Waals surface area contributed by atoms with Crippen molar-refractivity contribution < 1.29 is 8.83 Å². The van der Waals surface area contributed by atoms with Gasteiger partial charge in [-0.15, -0.1) is 22.7 Å². The lowest BCUT2D eigenvalue weighted by atomic mass is 9.58. The van der Waals surface area contributed by atoms with Gasteiger partial charge in [0.15, 0.2) is 0 Å². The summed E-state index contributed by atoms with van der Waals surface area (Å²) in [5.74, 6) is 0. The van der Waals surface area contributed by atoms with Gasteiger partial charge in [-0.05, 0) is 116 Å². The predicted octanol–water partition coefficient (Wildman–Crippen LogP) is 18.8. The molecule has 6 heterocycles. The first-order chi connectivity index (χ1) is 37.7. The smallest absolute Gasteiger partial charge is 0.136 e. The van der Waals surface area contributed by atoms with Crippen LogP contribution < -0.4 is 0 Å². The largest absolute Gasteiger partial charge is 0.456 e. The SMILES string of the molecule is c1ccc2c(c1)-c1ccccc1C21c2cc(-n3c4ccccc4c4cc5oc6ccccc6c5cc43)sc2C2(c3ccccc3-c3ccccc32)c2cc(-n3c4ccccc4c4cc5oc6ccccc6c5cc43)sc21. The molecule has 16 aromatic rings. The fraction of sp³-hybridized carbons (Fsp3) is 0.0286. The van der Waals surface area contributed by atoms with Crippen LogP contribution in [-0.4, -0.2) is 9.13 Å². The molecule has 6 aromatic heterocycles. The summed E-state index contributed by atoms with van der Waals surface area (Å²) < 4.78 is 18.3. The fourth-order valence-corrected chi connectivity index (χ4v) is 17.7. The number of rotatable bonds is 2. The van der Waals surface area contributed by atoms with Crippen molar-refractivity contribution >= 4 is 110 Å². The second kappa shape index (κ2) is 13.9. The second-order valence-corrected chi connectivity index (χ2v) is 23.0. The van der Waals surface area contributed by atoms with Crippen LogP contribution in [0, 0.1) is 0 Å². The number of fused-ring (bicyclic) bond motifs is 28. The van der Waals surface area contributed by atoms with Crippen molar-refractivity contribution in [3.8, 4) is 32.3 Å². The Morgan fingerprint density at radius 2 is 0.605 bits per heavy atom. The van der Waals surface area contributed by atoms with Crippen LogP contribution in [-0.2, 0) is 10.8 Å². The van der Waals surface area contributed by atoms with E-state index in [2.05, 4.69) is 240 Å². The maximum absolute atomic E-state index is 6.58. The Morgan fingerprint density at radius 1 is 0.263 bits per heavy atom.